The second-order valence-electron chi connectivity index (χ2n) is 4.58. The van der Waals surface area contributed by atoms with Crippen LogP contribution < -0.4 is 15.6 Å². The van der Waals surface area contributed by atoms with Crippen molar-refractivity contribution in [3.8, 4) is 5.75 Å². The highest BCUT2D eigenvalue weighted by atomic mass is 35.5. The number of amides is 1. The van der Waals surface area contributed by atoms with E-state index in [9.17, 15) is 9.59 Å². The van der Waals surface area contributed by atoms with Gasteiger partial charge in [-0.3, -0.25) is 9.59 Å². The van der Waals surface area contributed by atoms with Gasteiger partial charge in [0.15, 0.2) is 6.61 Å². The average Bonchev–Trinajstić information content (AvgIpc) is 2.47. The number of pyridine rings is 1. The van der Waals surface area contributed by atoms with E-state index in [0.29, 0.717) is 16.3 Å². The number of benzene rings is 1. The van der Waals surface area contributed by atoms with Crippen molar-refractivity contribution in [2.45, 2.75) is 6.92 Å². The molecule has 0 unspecified atom stereocenters. The zero-order valence-electron chi connectivity index (χ0n) is 11.7. The van der Waals surface area contributed by atoms with Crippen LogP contribution in [-0.2, 0) is 11.8 Å². The summed E-state index contributed by atoms with van der Waals surface area (Å²) in [5.74, 6) is 0.142. The number of nitrogens with one attached hydrogen (secondary N) is 1. The number of hydrogen-bond acceptors (Lipinski definition) is 3. The van der Waals surface area contributed by atoms with Gasteiger partial charge in [0.1, 0.15) is 11.4 Å². The van der Waals surface area contributed by atoms with Gasteiger partial charge in [0.2, 0.25) is 0 Å². The predicted octanol–water partition coefficient (Wildman–Crippen LogP) is 2.36. The number of anilines is 1. The summed E-state index contributed by atoms with van der Waals surface area (Å²) in [7, 11) is 1.63. The molecule has 0 aliphatic rings. The Morgan fingerprint density at radius 2 is 1.95 bits per heavy atom. The highest BCUT2D eigenvalue weighted by molar-refractivity contribution is 6.30. The zero-order valence-corrected chi connectivity index (χ0v) is 12.5. The van der Waals surface area contributed by atoms with Crippen molar-refractivity contribution in [1.29, 1.82) is 0 Å². The van der Waals surface area contributed by atoms with Gasteiger partial charge in [-0.15, -0.1) is 0 Å². The van der Waals surface area contributed by atoms with Crippen molar-refractivity contribution >= 4 is 23.2 Å². The summed E-state index contributed by atoms with van der Waals surface area (Å²) >= 11 is 5.76. The first-order chi connectivity index (χ1) is 9.97. The third-order valence-electron chi connectivity index (χ3n) is 2.92. The van der Waals surface area contributed by atoms with Gasteiger partial charge in [0.05, 0.1) is 0 Å². The Labute approximate surface area is 127 Å². The number of hydrogen-bond donors (Lipinski definition) is 1. The van der Waals surface area contributed by atoms with Crippen LogP contribution in [0.5, 0.6) is 5.75 Å². The molecule has 0 spiro atoms. The van der Waals surface area contributed by atoms with E-state index in [1.165, 1.54) is 4.57 Å². The summed E-state index contributed by atoms with van der Waals surface area (Å²) in [6.07, 6.45) is 1.65. The summed E-state index contributed by atoms with van der Waals surface area (Å²) in [6.45, 7) is 1.58. The molecule has 1 N–H and O–H groups in total. The molecule has 1 aromatic heterocycles. The molecular formula is C15H15ClN2O3. The second kappa shape index (κ2) is 6.45. The quantitative estimate of drug-likeness (QED) is 0.943. The number of nitrogens with zero attached hydrogens (tertiary/aromatic N) is 1. The number of halogens is 1. The Morgan fingerprint density at radius 3 is 2.62 bits per heavy atom. The van der Waals surface area contributed by atoms with Crippen LogP contribution in [0, 0.1) is 6.92 Å². The van der Waals surface area contributed by atoms with Crippen molar-refractivity contribution in [2.24, 2.45) is 7.05 Å². The molecule has 0 atom stereocenters. The highest BCUT2D eigenvalue weighted by Crippen LogP contribution is 2.15. The molecule has 5 nitrogen and oxygen atoms in total. The fraction of sp³-hybridized carbons (Fsp3) is 0.200. The maximum Gasteiger partial charge on any atom is 0.274 e. The maximum absolute atomic E-state index is 11.9. The molecule has 21 heavy (non-hydrogen) atoms. The van der Waals surface area contributed by atoms with Crippen molar-refractivity contribution < 1.29 is 9.53 Å². The monoisotopic (exact) mass is 306 g/mol. The van der Waals surface area contributed by atoms with Crippen LogP contribution in [-0.4, -0.2) is 17.1 Å². The Bertz CT molecular complexity index is 708. The molecule has 2 aromatic rings. The molecule has 0 radical (unpaired) electrons. The summed E-state index contributed by atoms with van der Waals surface area (Å²) in [6, 6.07) is 8.44. The molecule has 0 saturated heterocycles. The molecule has 1 heterocycles. The number of carbonyl (C=O) groups excluding carboxylic acids is 1. The Kier molecular flexibility index (Phi) is 4.65. The fourth-order valence-corrected chi connectivity index (χ4v) is 1.85. The lowest BCUT2D eigenvalue weighted by Gasteiger charge is -2.10. The number of aromatic nitrogens is 1. The van der Waals surface area contributed by atoms with E-state index in [4.69, 9.17) is 16.3 Å². The van der Waals surface area contributed by atoms with E-state index in [-0.39, 0.29) is 17.9 Å². The average molecular weight is 307 g/mol. The van der Waals surface area contributed by atoms with Crippen molar-refractivity contribution in [3.05, 3.63) is 57.5 Å². The van der Waals surface area contributed by atoms with Gasteiger partial charge in [-0.2, -0.15) is 0 Å². The topological polar surface area (TPSA) is 60.3 Å². The van der Waals surface area contributed by atoms with Gasteiger partial charge in [0, 0.05) is 18.3 Å². The van der Waals surface area contributed by atoms with E-state index in [1.54, 1.807) is 50.5 Å². The van der Waals surface area contributed by atoms with Gasteiger partial charge in [0.25, 0.3) is 11.5 Å². The Morgan fingerprint density at radius 1 is 1.29 bits per heavy atom. The molecule has 1 amide bonds. The smallest absolute Gasteiger partial charge is 0.274 e. The van der Waals surface area contributed by atoms with Crippen LogP contribution in [0.3, 0.4) is 0 Å². The first kappa shape index (κ1) is 15.1. The van der Waals surface area contributed by atoms with Gasteiger partial charge < -0.3 is 14.6 Å². The molecule has 1 aromatic carbocycles. The molecule has 0 aliphatic heterocycles. The van der Waals surface area contributed by atoms with Crippen LogP contribution in [0.15, 0.2) is 41.3 Å². The molecule has 0 fully saturated rings. The third-order valence-corrected chi connectivity index (χ3v) is 3.18. The van der Waals surface area contributed by atoms with Crippen LogP contribution in [0.4, 0.5) is 5.69 Å². The summed E-state index contributed by atoms with van der Waals surface area (Å²) in [4.78, 5) is 23.8. The molecule has 6 heteroatoms. The molecule has 0 bridgehead atoms. The van der Waals surface area contributed by atoms with Crippen molar-refractivity contribution in [1.82, 2.24) is 4.57 Å². The predicted molar refractivity (Wildman–Crippen MR) is 82.0 cm³/mol. The maximum atomic E-state index is 11.9. The summed E-state index contributed by atoms with van der Waals surface area (Å²) in [5, 5.41) is 3.17. The minimum absolute atomic E-state index is 0.181. The summed E-state index contributed by atoms with van der Waals surface area (Å²) < 4.78 is 6.73. The lowest BCUT2D eigenvalue weighted by Crippen LogP contribution is -2.28. The SMILES string of the molecule is Cc1ccn(C)c(=O)c1NC(=O)COc1ccc(Cl)cc1. The van der Waals surface area contributed by atoms with Crippen molar-refractivity contribution in [2.75, 3.05) is 11.9 Å². The van der Waals surface area contributed by atoms with E-state index in [0.717, 1.165) is 0 Å². The Hall–Kier alpha value is -2.27. The first-order valence-electron chi connectivity index (χ1n) is 6.32. The molecular weight excluding hydrogens is 292 g/mol. The van der Waals surface area contributed by atoms with Gasteiger partial charge in [-0.1, -0.05) is 11.6 Å². The lowest BCUT2D eigenvalue weighted by molar-refractivity contribution is -0.118. The first-order valence-corrected chi connectivity index (χ1v) is 6.69. The minimum atomic E-state index is -0.392. The number of ether oxygens (including phenoxy) is 1. The fourth-order valence-electron chi connectivity index (χ4n) is 1.73. The number of carbonyl (C=O) groups is 1. The van der Waals surface area contributed by atoms with Gasteiger partial charge in [-0.05, 0) is 42.8 Å². The third kappa shape index (κ3) is 3.86. The van der Waals surface area contributed by atoms with E-state index < -0.39 is 5.91 Å². The number of aryl methyl sites for hydroxylation is 2. The standard InChI is InChI=1S/C15H15ClN2O3/c1-10-7-8-18(2)15(20)14(10)17-13(19)9-21-12-5-3-11(16)4-6-12/h3-8H,9H2,1-2H3,(H,17,19). The van der Waals surface area contributed by atoms with Crippen LogP contribution >= 0.6 is 11.6 Å². The van der Waals surface area contributed by atoms with Crippen LogP contribution in [0.25, 0.3) is 0 Å². The minimum Gasteiger partial charge on any atom is -0.484 e. The lowest BCUT2D eigenvalue weighted by atomic mass is 10.2. The molecule has 2 rings (SSSR count). The van der Waals surface area contributed by atoms with E-state index in [1.807, 2.05) is 0 Å². The summed E-state index contributed by atoms with van der Waals surface area (Å²) in [5.41, 5.74) is 0.720. The van der Waals surface area contributed by atoms with Gasteiger partial charge >= 0.3 is 0 Å². The largest absolute Gasteiger partial charge is 0.484 e. The van der Waals surface area contributed by atoms with Crippen molar-refractivity contribution in [3.63, 3.8) is 0 Å². The molecule has 110 valence electrons. The van der Waals surface area contributed by atoms with Gasteiger partial charge in [-0.25, -0.2) is 0 Å². The van der Waals surface area contributed by atoms with E-state index in [2.05, 4.69) is 5.32 Å². The highest BCUT2D eigenvalue weighted by Gasteiger charge is 2.10. The normalized spacial score (nSPS) is 10.2. The van der Waals surface area contributed by atoms with Crippen LogP contribution in [0.2, 0.25) is 5.02 Å². The second-order valence-corrected chi connectivity index (χ2v) is 5.02. The molecule has 0 saturated carbocycles. The molecule has 0 aliphatic carbocycles. The van der Waals surface area contributed by atoms with Crippen LogP contribution in [0.1, 0.15) is 5.56 Å². The number of rotatable bonds is 4. The Balaban J connectivity index is 2.01. The zero-order chi connectivity index (χ0) is 15.4. The van der Waals surface area contributed by atoms with E-state index >= 15 is 0 Å².